The Morgan fingerprint density at radius 2 is 1.46 bits per heavy atom. The number of aliphatic carboxylic acids is 1. The van der Waals surface area contributed by atoms with Crippen LogP contribution in [0.5, 0.6) is 0 Å². The van der Waals surface area contributed by atoms with E-state index in [4.69, 9.17) is 22.3 Å². The molecule has 0 aliphatic carbocycles. The molecule has 0 saturated carbocycles. The molecule has 0 radical (unpaired) electrons. The number of amides is 5. The molecule has 1 heterocycles. The summed E-state index contributed by atoms with van der Waals surface area (Å²) in [6.45, 7) is -0.770. The number of primary amides is 2. The van der Waals surface area contributed by atoms with Crippen molar-refractivity contribution < 1.29 is 33.9 Å². The molecule has 2 rings (SSSR count). The van der Waals surface area contributed by atoms with E-state index in [0.717, 1.165) is 16.5 Å². The van der Waals surface area contributed by atoms with Crippen molar-refractivity contribution in [3.05, 3.63) is 36.0 Å². The molecule has 11 N–H and O–H groups in total. The van der Waals surface area contributed by atoms with Crippen LogP contribution in [0.4, 0.5) is 0 Å². The minimum atomic E-state index is -1.55. The maximum atomic E-state index is 12.7. The van der Waals surface area contributed by atoms with Crippen molar-refractivity contribution in [3.8, 4) is 0 Å². The lowest BCUT2D eigenvalue weighted by Gasteiger charge is -2.23. The molecule has 1 aromatic carbocycles. The highest BCUT2D eigenvalue weighted by molar-refractivity contribution is 5.97. The van der Waals surface area contributed by atoms with Crippen LogP contribution in [0.1, 0.15) is 18.4 Å². The fourth-order valence-corrected chi connectivity index (χ4v) is 3.29. The van der Waals surface area contributed by atoms with Crippen LogP contribution in [0.2, 0.25) is 0 Å². The van der Waals surface area contributed by atoms with Gasteiger partial charge in [0, 0.05) is 17.1 Å². The summed E-state index contributed by atoms with van der Waals surface area (Å²) in [7, 11) is 0. The average Bonchev–Trinajstić information content (AvgIpc) is 3.18. The Morgan fingerprint density at radius 3 is 2.06 bits per heavy atom. The van der Waals surface area contributed by atoms with Gasteiger partial charge in [0.15, 0.2) is 0 Å². The van der Waals surface area contributed by atoms with Gasteiger partial charge in [-0.3, -0.25) is 28.8 Å². The van der Waals surface area contributed by atoms with E-state index in [0.29, 0.717) is 0 Å². The zero-order valence-electron chi connectivity index (χ0n) is 18.6. The Hall–Kier alpha value is -4.46. The first-order valence-corrected chi connectivity index (χ1v) is 10.4. The predicted octanol–water partition coefficient (Wildman–Crippen LogP) is -3.04. The van der Waals surface area contributed by atoms with Gasteiger partial charge in [0.05, 0.1) is 18.9 Å². The lowest BCUT2D eigenvalue weighted by Crippen LogP contribution is -2.57. The average molecular weight is 489 g/mol. The van der Waals surface area contributed by atoms with E-state index in [9.17, 15) is 28.8 Å². The smallest absolute Gasteiger partial charge is 0.322 e. The summed E-state index contributed by atoms with van der Waals surface area (Å²) in [4.78, 5) is 74.1. The Kier molecular flexibility index (Phi) is 9.28. The number of aromatic amines is 1. The maximum Gasteiger partial charge on any atom is 0.322 e. The summed E-state index contributed by atoms with van der Waals surface area (Å²) in [6.07, 6.45) is 0.532. The van der Waals surface area contributed by atoms with Gasteiger partial charge >= 0.3 is 5.97 Å². The van der Waals surface area contributed by atoms with Crippen LogP contribution in [0.3, 0.4) is 0 Å². The van der Waals surface area contributed by atoms with Gasteiger partial charge in [-0.1, -0.05) is 18.2 Å². The number of carboxylic acids is 1. The highest BCUT2D eigenvalue weighted by Gasteiger charge is 2.30. The number of carbonyl (C=O) groups excluding carboxylic acids is 5. The number of para-hydroxylation sites is 1. The highest BCUT2D eigenvalue weighted by atomic mass is 16.4. The molecule has 0 aliphatic rings. The van der Waals surface area contributed by atoms with Crippen LogP contribution in [-0.4, -0.2) is 70.3 Å². The molecule has 188 valence electrons. The fraction of sp³-hybridized carbons (Fsp3) is 0.333. The first-order valence-electron chi connectivity index (χ1n) is 10.4. The van der Waals surface area contributed by atoms with Gasteiger partial charge < -0.3 is 43.2 Å². The fourth-order valence-electron chi connectivity index (χ4n) is 3.29. The Labute approximate surface area is 198 Å². The van der Waals surface area contributed by atoms with Crippen molar-refractivity contribution >= 4 is 46.4 Å². The molecule has 0 spiro atoms. The minimum Gasteiger partial charge on any atom is -0.480 e. The number of carbonyl (C=O) groups is 6. The molecule has 1 aromatic heterocycles. The van der Waals surface area contributed by atoms with Gasteiger partial charge in [-0.25, -0.2) is 0 Å². The lowest BCUT2D eigenvalue weighted by atomic mass is 10.0. The quantitative estimate of drug-likeness (QED) is 0.143. The second kappa shape index (κ2) is 12.1. The van der Waals surface area contributed by atoms with Gasteiger partial charge in [-0.05, 0) is 18.1 Å². The molecule has 3 atom stereocenters. The number of nitrogens with one attached hydrogen (secondary N) is 4. The second-order valence-electron chi connectivity index (χ2n) is 7.74. The van der Waals surface area contributed by atoms with Crippen molar-refractivity contribution in [3.63, 3.8) is 0 Å². The van der Waals surface area contributed by atoms with Gasteiger partial charge in [0.1, 0.15) is 18.6 Å². The van der Waals surface area contributed by atoms with Gasteiger partial charge in [-0.15, -0.1) is 0 Å². The largest absolute Gasteiger partial charge is 0.480 e. The van der Waals surface area contributed by atoms with Gasteiger partial charge in [0.25, 0.3) is 0 Å². The van der Waals surface area contributed by atoms with Gasteiger partial charge in [0.2, 0.25) is 29.5 Å². The van der Waals surface area contributed by atoms with Crippen LogP contribution in [0.15, 0.2) is 30.5 Å². The summed E-state index contributed by atoms with van der Waals surface area (Å²) in [5, 5.41) is 16.1. The van der Waals surface area contributed by atoms with Crippen LogP contribution >= 0.6 is 0 Å². The van der Waals surface area contributed by atoms with Crippen LogP contribution < -0.4 is 33.2 Å². The Morgan fingerprint density at radius 1 is 0.886 bits per heavy atom. The zero-order valence-corrected chi connectivity index (χ0v) is 18.6. The van der Waals surface area contributed by atoms with E-state index >= 15 is 0 Å². The van der Waals surface area contributed by atoms with Crippen LogP contribution in [0.25, 0.3) is 10.9 Å². The highest BCUT2D eigenvalue weighted by Crippen LogP contribution is 2.18. The zero-order chi connectivity index (χ0) is 26.1. The van der Waals surface area contributed by atoms with E-state index < -0.39 is 73.0 Å². The molecule has 35 heavy (non-hydrogen) atoms. The number of aromatic nitrogens is 1. The molecule has 14 nitrogen and oxygen atoms in total. The first-order chi connectivity index (χ1) is 16.5. The van der Waals surface area contributed by atoms with E-state index in [1.807, 2.05) is 29.6 Å². The molecule has 0 bridgehead atoms. The van der Waals surface area contributed by atoms with Gasteiger partial charge in [-0.2, -0.15) is 0 Å². The predicted molar refractivity (Wildman–Crippen MR) is 122 cm³/mol. The third kappa shape index (κ3) is 8.12. The molecular formula is C21H27N7O7. The van der Waals surface area contributed by atoms with Crippen molar-refractivity contribution in [2.75, 3.05) is 6.54 Å². The van der Waals surface area contributed by atoms with Crippen molar-refractivity contribution in [2.24, 2.45) is 17.2 Å². The SMILES string of the molecule is NC(=O)CC(NC(=O)C(N)Cc1c[nH]c2ccccc12)C(=O)NC(CC(N)=O)C(=O)NCC(=O)O. The van der Waals surface area contributed by atoms with Crippen molar-refractivity contribution in [2.45, 2.75) is 37.4 Å². The molecule has 0 aliphatic heterocycles. The number of fused-ring (bicyclic) bond motifs is 1. The maximum absolute atomic E-state index is 12.7. The Bertz CT molecular complexity index is 1130. The van der Waals surface area contributed by atoms with E-state index in [1.54, 1.807) is 6.20 Å². The minimum absolute atomic E-state index is 0.114. The third-order valence-electron chi connectivity index (χ3n) is 4.94. The summed E-state index contributed by atoms with van der Waals surface area (Å²) in [5.41, 5.74) is 17.9. The molecule has 0 fully saturated rings. The number of hydrogen-bond acceptors (Lipinski definition) is 7. The van der Waals surface area contributed by atoms with Crippen molar-refractivity contribution in [1.29, 1.82) is 0 Å². The molecule has 2 aromatic rings. The monoisotopic (exact) mass is 489 g/mol. The topological polar surface area (TPSA) is 253 Å². The molecule has 0 saturated heterocycles. The standard InChI is InChI=1S/C21H27N7O7/c22-12(5-10-8-25-13-4-2-1-3-11(10)13)19(33)27-15(7-17(24)30)21(35)28-14(6-16(23)29)20(34)26-9-18(31)32/h1-4,8,12,14-15,25H,5-7,9,22H2,(H2,23,29)(H2,24,30)(H,26,34)(H,27,33)(H,28,35)(H,31,32). The Balaban J connectivity index is 2.10. The van der Waals surface area contributed by atoms with E-state index in [1.165, 1.54) is 0 Å². The first kappa shape index (κ1) is 26.8. The number of benzene rings is 1. The molecule has 14 heteroatoms. The van der Waals surface area contributed by atoms with E-state index in [-0.39, 0.29) is 6.42 Å². The summed E-state index contributed by atoms with van der Waals surface area (Å²) < 4.78 is 0. The summed E-state index contributed by atoms with van der Waals surface area (Å²) >= 11 is 0. The van der Waals surface area contributed by atoms with Crippen LogP contribution in [0, 0.1) is 0 Å². The molecular weight excluding hydrogens is 462 g/mol. The third-order valence-corrected chi connectivity index (χ3v) is 4.94. The number of nitrogens with two attached hydrogens (primary N) is 3. The second-order valence-corrected chi connectivity index (χ2v) is 7.74. The molecule has 3 unspecified atom stereocenters. The van der Waals surface area contributed by atoms with Crippen LogP contribution in [-0.2, 0) is 35.2 Å². The summed E-state index contributed by atoms with van der Waals surface area (Å²) in [6, 6.07) is 3.21. The number of hydrogen-bond donors (Lipinski definition) is 8. The van der Waals surface area contributed by atoms with E-state index in [2.05, 4.69) is 15.6 Å². The normalized spacial score (nSPS) is 13.3. The number of H-pyrrole nitrogens is 1. The molecule has 5 amide bonds. The lowest BCUT2D eigenvalue weighted by molar-refractivity contribution is -0.139. The summed E-state index contributed by atoms with van der Waals surface area (Å²) in [5.74, 6) is -6.04. The number of rotatable bonds is 13. The number of carboxylic acid groups (broad SMARTS) is 1. The van der Waals surface area contributed by atoms with Crippen molar-refractivity contribution in [1.82, 2.24) is 20.9 Å².